The molecular weight excluding hydrogens is 184 g/mol. The van der Waals surface area contributed by atoms with E-state index in [4.69, 9.17) is 0 Å². The van der Waals surface area contributed by atoms with E-state index >= 15 is 0 Å². The molecule has 1 aromatic rings. The molecule has 0 saturated carbocycles. The van der Waals surface area contributed by atoms with Crippen molar-refractivity contribution in [3.8, 4) is 11.5 Å². The van der Waals surface area contributed by atoms with Gasteiger partial charge in [-0.3, -0.25) is 0 Å². The standard InChI is InChI=1S/C10H14O4/c1-5(11)9-7(13)3-4-8(14)10(9)6(2)12/h3-6,11-14H,1-2H3. The summed E-state index contributed by atoms with van der Waals surface area (Å²) in [6.07, 6.45) is -1.88. The molecule has 78 valence electrons. The van der Waals surface area contributed by atoms with Crippen LogP contribution in [0.5, 0.6) is 11.5 Å². The van der Waals surface area contributed by atoms with Crippen LogP contribution in [0.3, 0.4) is 0 Å². The minimum Gasteiger partial charge on any atom is -0.508 e. The first-order chi connectivity index (χ1) is 6.45. The van der Waals surface area contributed by atoms with Crippen LogP contribution >= 0.6 is 0 Å². The summed E-state index contributed by atoms with van der Waals surface area (Å²) in [5, 5.41) is 37.7. The fourth-order valence-corrected chi connectivity index (χ4v) is 1.49. The number of phenols is 2. The quantitative estimate of drug-likeness (QED) is 0.538. The molecule has 0 fully saturated rings. The van der Waals surface area contributed by atoms with Crippen LogP contribution in [0.4, 0.5) is 0 Å². The maximum Gasteiger partial charge on any atom is 0.122 e. The Bertz CT molecular complexity index is 298. The van der Waals surface area contributed by atoms with Gasteiger partial charge in [0.2, 0.25) is 0 Å². The lowest BCUT2D eigenvalue weighted by atomic mass is 9.97. The minimum atomic E-state index is -0.938. The molecule has 1 aromatic carbocycles. The Morgan fingerprint density at radius 2 is 1.14 bits per heavy atom. The van der Waals surface area contributed by atoms with Gasteiger partial charge in [0, 0.05) is 11.1 Å². The molecule has 0 spiro atoms. The van der Waals surface area contributed by atoms with Crippen molar-refractivity contribution >= 4 is 0 Å². The number of hydrogen-bond donors (Lipinski definition) is 4. The Morgan fingerprint density at radius 1 is 0.857 bits per heavy atom. The number of phenolic OH excluding ortho intramolecular Hbond substituents is 2. The fourth-order valence-electron chi connectivity index (χ4n) is 1.49. The van der Waals surface area contributed by atoms with Crippen molar-refractivity contribution in [2.24, 2.45) is 0 Å². The Labute approximate surface area is 82.1 Å². The summed E-state index contributed by atoms with van der Waals surface area (Å²) in [4.78, 5) is 0. The van der Waals surface area contributed by atoms with Crippen LogP contribution in [0.25, 0.3) is 0 Å². The van der Waals surface area contributed by atoms with E-state index in [1.165, 1.54) is 26.0 Å². The number of benzene rings is 1. The van der Waals surface area contributed by atoms with Crippen LogP contribution in [0.15, 0.2) is 12.1 Å². The highest BCUT2D eigenvalue weighted by molar-refractivity contribution is 5.49. The van der Waals surface area contributed by atoms with Gasteiger partial charge in [-0.1, -0.05) is 0 Å². The zero-order valence-corrected chi connectivity index (χ0v) is 8.10. The van der Waals surface area contributed by atoms with Gasteiger partial charge >= 0.3 is 0 Å². The largest absolute Gasteiger partial charge is 0.508 e. The Morgan fingerprint density at radius 3 is 1.36 bits per heavy atom. The molecule has 0 aliphatic rings. The van der Waals surface area contributed by atoms with Crippen LogP contribution in [0, 0.1) is 0 Å². The summed E-state index contributed by atoms with van der Waals surface area (Å²) in [7, 11) is 0. The molecule has 0 aliphatic carbocycles. The highest BCUT2D eigenvalue weighted by Crippen LogP contribution is 2.37. The lowest BCUT2D eigenvalue weighted by Crippen LogP contribution is -2.02. The fraction of sp³-hybridized carbons (Fsp3) is 0.400. The second-order valence-corrected chi connectivity index (χ2v) is 3.28. The second-order valence-electron chi connectivity index (χ2n) is 3.28. The first kappa shape index (κ1) is 10.8. The summed E-state index contributed by atoms with van der Waals surface area (Å²) < 4.78 is 0. The van der Waals surface area contributed by atoms with E-state index in [2.05, 4.69) is 0 Å². The molecule has 14 heavy (non-hydrogen) atoms. The van der Waals surface area contributed by atoms with E-state index in [0.717, 1.165) is 0 Å². The Balaban J connectivity index is 3.42. The summed E-state index contributed by atoms with van der Waals surface area (Å²) >= 11 is 0. The molecular formula is C10H14O4. The van der Waals surface area contributed by atoms with Crippen molar-refractivity contribution in [1.82, 2.24) is 0 Å². The number of aliphatic hydroxyl groups excluding tert-OH is 2. The monoisotopic (exact) mass is 198 g/mol. The zero-order valence-electron chi connectivity index (χ0n) is 8.10. The second kappa shape index (κ2) is 3.86. The molecule has 0 aliphatic heterocycles. The van der Waals surface area contributed by atoms with Gasteiger partial charge in [0.1, 0.15) is 11.5 Å². The average Bonchev–Trinajstić information content (AvgIpc) is 2.07. The molecule has 4 nitrogen and oxygen atoms in total. The van der Waals surface area contributed by atoms with Gasteiger partial charge in [-0.05, 0) is 26.0 Å². The average molecular weight is 198 g/mol. The Hall–Kier alpha value is -1.26. The number of rotatable bonds is 2. The van der Waals surface area contributed by atoms with Gasteiger partial charge in [-0.25, -0.2) is 0 Å². The van der Waals surface area contributed by atoms with Gasteiger partial charge in [0.25, 0.3) is 0 Å². The molecule has 4 N–H and O–H groups in total. The summed E-state index contributed by atoms with van der Waals surface area (Å²) in [5.74, 6) is -0.262. The number of hydrogen-bond acceptors (Lipinski definition) is 4. The van der Waals surface area contributed by atoms with Crippen LogP contribution in [0.2, 0.25) is 0 Å². The lowest BCUT2D eigenvalue weighted by molar-refractivity contribution is 0.168. The predicted octanol–water partition coefficient (Wildman–Crippen LogP) is 1.20. The first-order valence-corrected chi connectivity index (χ1v) is 4.36. The van der Waals surface area contributed by atoms with Crippen molar-refractivity contribution in [2.75, 3.05) is 0 Å². The summed E-state index contributed by atoms with van der Waals surface area (Å²) in [6, 6.07) is 2.56. The van der Waals surface area contributed by atoms with Crippen molar-refractivity contribution in [3.05, 3.63) is 23.3 Å². The topological polar surface area (TPSA) is 80.9 Å². The molecule has 0 amide bonds. The summed E-state index contributed by atoms with van der Waals surface area (Å²) in [5.41, 5.74) is 0.333. The Kier molecular flexibility index (Phi) is 2.98. The molecule has 1 rings (SSSR count). The first-order valence-electron chi connectivity index (χ1n) is 4.36. The van der Waals surface area contributed by atoms with Crippen molar-refractivity contribution in [3.63, 3.8) is 0 Å². The van der Waals surface area contributed by atoms with Gasteiger partial charge < -0.3 is 20.4 Å². The highest BCUT2D eigenvalue weighted by atomic mass is 16.3. The molecule has 2 unspecified atom stereocenters. The van der Waals surface area contributed by atoms with Gasteiger partial charge in [-0.2, -0.15) is 0 Å². The molecule has 0 bridgehead atoms. The number of aromatic hydroxyl groups is 2. The van der Waals surface area contributed by atoms with Gasteiger partial charge in [0.05, 0.1) is 12.2 Å². The molecule has 2 atom stereocenters. The molecule has 0 radical (unpaired) electrons. The van der Waals surface area contributed by atoms with Gasteiger partial charge in [0.15, 0.2) is 0 Å². The van der Waals surface area contributed by atoms with E-state index in [0.29, 0.717) is 0 Å². The third-order valence-electron chi connectivity index (χ3n) is 2.08. The summed E-state index contributed by atoms with van der Waals surface area (Å²) in [6.45, 7) is 2.92. The third kappa shape index (κ3) is 1.81. The highest BCUT2D eigenvalue weighted by Gasteiger charge is 2.19. The lowest BCUT2D eigenvalue weighted by Gasteiger charge is -2.17. The maximum atomic E-state index is 9.45. The van der Waals surface area contributed by atoms with Crippen molar-refractivity contribution in [2.45, 2.75) is 26.1 Å². The van der Waals surface area contributed by atoms with E-state index in [1.54, 1.807) is 0 Å². The minimum absolute atomic E-state index is 0.131. The third-order valence-corrected chi connectivity index (χ3v) is 2.08. The van der Waals surface area contributed by atoms with Crippen molar-refractivity contribution in [1.29, 1.82) is 0 Å². The number of aliphatic hydroxyl groups is 2. The molecule has 0 heterocycles. The van der Waals surface area contributed by atoms with E-state index in [-0.39, 0.29) is 22.6 Å². The van der Waals surface area contributed by atoms with E-state index < -0.39 is 12.2 Å². The molecule has 0 saturated heterocycles. The SMILES string of the molecule is CC(O)c1c(O)ccc(O)c1C(C)O. The zero-order chi connectivity index (χ0) is 10.9. The smallest absolute Gasteiger partial charge is 0.122 e. The van der Waals surface area contributed by atoms with Crippen LogP contribution in [0.1, 0.15) is 37.2 Å². The normalized spacial score (nSPS) is 15.1. The maximum absolute atomic E-state index is 9.45. The van der Waals surface area contributed by atoms with Gasteiger partial charge in [-0.15, -0.1) is 0 Å². The molecule has 4 heteroatoms. The van der Waals surface area contributed by atoms with Crippen LogP contribution in [-0.2, 0) is 0 Å². The molecule has 0 aromatic heterocycles. The van der Waals surface area contributed by atoms with E-state index in [9.17, 15) is 20.4 Å². The predicted molar refractivity (Wildman–Crippen MR) is 51.0 cm³/mol. The van der Waals surface area contributed by atoms with E-state index in [1.807, 2.05) is 0 Å². The van der Waals surface area contributed by atoms with Crippen molar-refractivity contribution < 1.29 is 20.4 Å². The van der Waals surface area contributed by atoms with Crippen LogP contribution < -0.4 is 0 Å². The van der Waals surface area contributed by atoms with Crippen LogP contribution in [-0.4, -0.2) is 20.4 Å².